The van der Waals surface area contributed by atoms with Gasteiger partial charge in [0.15, 0.2) is 0 Å². The normalized spacial score (nSPS) is 10.4. The Labute approximate surface area is 159 Å². The molecule has 1 heterocycles. The second-order valence-electron chi connectivity index (χ2n) is 6.60. The fourth-order valence-electron chi connectivity index (χ4n) is 2.66. The molecular weight excluding hydrogens is 338 g/mol. The molecule has 3 aromatic rings. The van der Waals surface area contributed by atoms with Crippen molar-refractivity contribution in [3.05, 3.63) is 71.5 Å². The number of anilines is 4. The van der Waals surface area contributed by atoms with Crippen molar-refractivity contribution in [1.29, 1.82) is 0 Å². The number of hydrogen-bond donors (Lipinski definition) is 2. The van der Waals surface area contributed by atoms with E-state index in [1.807, 2.05) is 69.2 Å². The van der Waals surface area contributed by atoms with Crippen LogP contribution in [0, 0.1) is 13.8 Å². The number of hydrogen-bond acceptors (Lipinski definition) is 5. The van der Waals surface area contributed by atoms with E-state index in [1.165, 1.54) is 5.56 Å². The Morgan fingerprint density at radius 1 is 1.00 bits per heavy atom. The van der Waals surface area contributed by atoms with E-state index in [4.69, 9.17) is 0 Å². The number of nitrogens with zero attached hydrogens (tertiary/aromatic N) is 3. The van der Waals surface area contributed by atoms with Crippen LogP contribution >= 0.6 is 0 Å². The predicted molar refractivity (Wildman–Crippen MR) is 110 cm³/mol. The third-order valence-corrected chi connectivity index (χ3v) is 4.16. The van der Waals surface area contributed by atoms with Crippen LogP contribution in [0.5, 0.6) is 0 Å². The fourth-order valence-corrected chi connectivity index (χ4v) is 2.66. The number of aromatic nitrogens is 2. The van der Waals surface area contributed by atoms with Crippen molar-refractivity contribution >= 4 is 28.9 Å². The molecular formula is C21H23N5O. The molecule has 2 N–H and O–H groups in total. The largest absolute Gasteiger partial charge is 0.378 e. The molecule has 0 fully saturated rings. The molecule has 0 atom stereocenters. The Morgan fingerprint density at radius 2 is 1.74 bits per heavy atom. The molecule has 6 heteroatoms. The average molecular weight is 361 g/mol. The van der Waals surface area contributed by atoms with Crippen molar-refractivity contribution in [1.82, 2.24) is 9.97 Å². The van der Waals surface area contributed by atoms with Crippen LogP contribution in [0.15, 0.2) is 54.7 Å². The summed E-state index contributed by atoms with van der Waals surface area (Å²) in [5.41, 5.74) is 5.27. The number of nitrogens with one attached hydrogen (secondary N) is 2. The summed E-state index contributed by atoms with van der Waals surface area (Å²) in [5.74, 6) is 0.108. The highest BCUT2D eigenvalue weighted by Gasteiger charge is 2.10. The van der Waals surface area contributed by atoms with Gasteiger partial charge in [-0.3, -0.25) is 4.79 Å². The van der Waals surface area contributed by atoms with Crippen molar-refractivity contribution in [2.45, 2.75) is 13.8 Å². The molecule has 0 unspecified atom stereocenters. The van der Waals surface area contributed by atoms with Gasteiger partial charge in [-0.15, -0.1) is 0 Å². The van der Waals surface area contributed by atoms with E-state index in [0.717, 1.165) is 16.9 Å². The molecule has 0 radical (unpaired) electrons. The van der Waals surface area contributed by atoms with Crippen LogP contribution in [0.25, 0.3) is 0 Å². The maximum Gasteiger partial charge on any atom is 0.274 e. The van der Waals surface area contributed by atoms with Crippen LogP contribution in [0.2, 0.25) is 0 Å². The second kappa shape index (κ2) is 7.86. The Kier molecular flexibility index (Phi) is 5.35. The molecule has 1 aromatic heterocycles. The minimum Gasteiger partial charge on any atom is -0.378 e. The standard InChI is InChI=1S/C21H23N5O/c1-14-5-10-18(15(2)13-14)24-21-22-12-11-19(25-21)20(27)23-16-6-8-17(9-7-16)26(3)4/h5-13H,1-4H3,(H,23,27)(H,22,24,25). The summed E-state index contributed by atoms with van der Waals surface area (Å²) in [6.45, 7) is 4.06. The van der Waals surface area contributed by atoms with Gasteiger partial charge in [0.25, 0.3) is 5.91 Å². The van der Waals surface area contributed by atoms with Crippen LogP contribution in [0.4, 0.5) is 23.0 Å². The molecule has 0 spiro atoms. The van der Waals surface area contributed by atoms with Crippen molar-refractivity contribution < 1.29 is 4.79 Å². The van der Waals surface area contributed by atoms with Crippen molar-refractivity contribution in [3.63, 3.8) is 0 Å². The van der Waals surface area contributed by atoms with Gasteiger partial charge < -0.3 is 15.5 Å². The molecule has 0 aliphatic carbocycles. The van der Waals surface area contributed by atoms with E-state index in [1.54, 1.807) is 12.3 Å². The first-order valence-electron chi connectivity index (χ1n) is 8.68. The fraction of sp³-hybridized carbons (Fsp3) is 0.190. The summed E-state index contributed by atoms with van der Waals surface area (Å²) in [4.78, 5) is 23.1. The lowest BCUT2D eigenvalue weighted by molar-refractivity contribution is 0.102. The summed E-state index contributed by atoms with van der Waals surface area (Å²) >= 11 is 0. The number of benzene rings is 2. The minimum absolute atomic E-state index is 0.279. The number of carbonyl (C=O) groups is 1. The maximum atomic E-state index is 12.5. The first kappa shape index (κ1) is 18.4. The van der Waals surface area contributed by atoms with Crippen LogP contribution < -0.4 is 15.5 Å². The SMILES string of the molecule is Cc1ccc(Nc2nccc(C(=O)Nc3ccc(N(C)C)cc3)n2)c(C)c1. The highest BCUT2D eigenvalue weighted by molar-refractivity contribution is 6.03. The van der Waals surface area contributed by atoms with E-state index in [0.29, 0.717) is 17.3 Å². The first-order valence-corrected chi connectivity index (χ1v) is 8.68. The molecule has 0 aliphatic rings. The monoisotopic (exact) mass is 361 g/mol. The molecule has 2 aromatic carbocycles. The lowest BCUT2D eigenvalue weighted by Gasteiger charge is -2.13. The lowest BCUT2D eigenvalue weighted by atomic mass is 10.1. The van der Waals surface area contributed by atoms with Gasteiger partial charge in [-0.25, -0.2) is 9.97 Å². The zero-order chi connectivity index (χ0) is 19.4. The zero-order valence-corrected chi connectivity index (χ0v) is 15.9. The van der Waals surface area contributed by atoms with Gasteiger partial charge in [-0.1, -0.05) is 17.7 Å². The summed E-state index contributed by atoms with van der Waals surface area (Å²) in [7, 11) is 3.94. The third-order valence-electron chi connectivity index (χ3n) is 4.16. The van der Waals surface area contributed by atoms with Crippen molar-refractivity contribution in [3.8, 4) is 0 Å². The average Bonchev–Trinajstić information content (AvgIpc) is 2.65. The molecule has 0 saturated heterocycles. The predicted octanol–water partition coefficient (Wildman–Crippen LogP) is 4.16. The Morgan fingerprint density at radius 3 is 2.41 bits per heavy atom. The van der Waals surface area contributed by atoms with E-state index in [2.05, 4.69) is 26.7 Å². The van der Waals surface area contributed by atoms with Gasteiger partial charge in [0.1, 0.15) is 5.69 Å². The van der Waals surface area contributed by atoms with Crippen LogP contribution in [0.3, 0.4) is 0 Å². The van der Waals surface area contributed by atoms with Crippen LogP contribution in [-0.2, 0) is 0 Å². The molecule has 6 nitrogen and oxygen atoms in total. The van der Waals surface area contributed by atoms with E-state index in [9.17, 15) is 4.79 Å². The summed E-state index contributed by atoms with van der Waals surface area (Å²) < 4.78 is 0. The van der Waals surface area contributed by atoms with Gasteiger partial charge >= 0.3 is 0 Å². The maximum absolute atomic E-state index is 12.5. The van der Waals surface area contributed by atoms with Gasteiger partial charge in [-0.05, 0) is 55.8 Å². The quantitative estimate of drug-likeness (QED) is 0.714. The van der Waals surface area contributed by atoms with Crippen molar-refractivity contribution in [2.75, 3.05) is 29.6 Å². The van der Waals surface area contributed by atoms with E-state index in [-0.39, 0.29) is 5.91 Å². The molecule has 0 bridgehead atoms. The molecule has 0 saturated carbocycles. The Bertz CT molecular complexity index is 951. The number of aryl methyl sites for hydroxylation is 2. The number of carbonyl (C=O) groups excluding carboxylic acids is 1. The first-order chi connectivity index (χ1) is 12.9. The highest BCUT2D eigenvalue weighted by atomic mass is 16.1. The third kappa shape index (κ3) is 4.61. The number of amides is 1. The highest BCUT2D eigenvalue weighted by Crippen LogP contribution is 2.20. The van der Waals surface area contributed by atoms with Gasteiger partial charge in [0.05, 0.1) is 0 Å². The Balaban J connectivity index is 1.73. The summed E-state index contributed by atoms with van der Waals surface area (Å²) in [6, 6.07) is 15.3. The second-order valence-corrected chi connectivity index (χ2v) is 6.60. The molecule has 3 rings (SSSR count). The van der Waals surface area contributed by atoms with E-state index >= 15 is 0 Å². The van der Waals surface area contributed by atoms with Gasteiger partial charge in [-0.2, -0.15) is 0 Å². The lowest BCUT2D eigenvalue weighted by Crippen LogP contribution is -2.15. The Hall–Kier alpha value is -3.41. The molecule has 1 amide bonds. The minimum atomic E-state index is -0.279. The van der Waals surface area contributed by atoms with Gasteiger partial charge in [0, 0.05) is 37.4 Å². The topological polar surface area (TPSA) is 70.2 Å². The van der Waals surface area contributed by atoms with E-state index < -0.39 is 0 Å². The smallest absolute Gasteiger partial charge is 0.274 e. The molecule has 0 aliphatic heterocycles. The van der Waals surface area contributed by atoms with Crippen molar-refractivity contribution in [2.24, 2.45) is 0 Å². The summed E-state index contributed by atoms with van der Waals surface area (Å²) in [5, 5.41) is 6.03. The summed E-state index contributed by atoms with van der Waals surface area (Å²) in [6.07, 6.45) is 1.57. The zero-order valence-electron chi connectivity index (χ0n) is 15.9. The molecule has 27 heavy (non-hydrogen) atoms. The van der Waals surface area contributed by atoms with Crippen LogP contribution in [0.1, 0.15) is 21.6 Å². The molecule has 138 valence electrons. The van der Waals surface area contributed by atoms with Gasteiger partial charge in [0.2, 0.25) is 5.95 Å². The number of rotatable bonds is 5. The van der Waals surface area contributed by atoms with Crippen LogP contribution in [-0.4, -0.2) is 30.0 Å².